The van der Waals surface area contributed by atoms with Crippen molar-refractivity contribution in [3.63, 3.8) is 0 Å². The van der Waals surface area contributed by atoms with Crippen molar-refractivity contribution < 1.29 is 22.6 Å². The minimum atomic E-state index is -4.51. The zero-order valence-corrected chi connectivity index (χ0v) is 20.6. The number of hydrogen-bond donors (Lipinski definition) is 1. The third-order valence-electron chi connectivity index (χ3n) is 6.68. The molecule has 184 valence electrons. The molecule has 0 aromatic heterocycles. The highest BCUT2D eigenvalue weighted by molar-refractivity contribution is 5.85. The van der Waals surface area contributed by atoms with E-state index >= 15 is 0 Å². The van der Waals surface area contributed by atoms with Gasteiger partial charge in [-0.25, -0.2) is 0 Å². The van der Waals surface area contributed by atoms with Gasteiger partial charge in [-0.2, -0.15) is 13.2 Å². The molecule has 1 unspecified atom stereocenters. The van der Waals surface area contributed by atoms with Gasteiger partial charge in [-0.05, 0) is 61.6 Å². The minimum Gasteiger partial charge on any atom is -0.495 e. The molecule has 0 radical (unpaired) electrons. The molecule has 1 saturated heterocycles. The fourth-order valence-electron chi connectivity index (χ4n) is 4.85. The van der Waals surface area contributed by atoms with Crippen LogP contribution in [0.15, 0.2) is 42.5 Å². The van der Waals surface area contributed by atoms with Crippen molar-refractivity contribution >= 4 is 30.5 Å². The number of nitrogens with zero attached hydrogens (tertiary/aromatic N) is 1. The Morgan fingerprint density at radius 2 is 1.85 bits per heavy atom. The van der Waals surface area contributed by atoms with E-state index in [0.717, 1.165) is 26.3 Å². The van der Waals surface area contributed by atoms with Crippen molar-refractivity contribution in [2.24, 2.45) is 0 Å². The number of piperidine rings is 1. The SMILES string of the molecule is COc1cc2c(cc1N(C)[C@H]1CCCN[C@H]1c1ccccc1)C(C)(C(F)(F)F)OCC2.Cl.Cl. The number of methoxy groups -OCH3 is 1. The summed E-state index contributed by atoms with van der Waals surface area (Å²) < 4.78 is 52.9. The maximum absolute atomic E-state index is 14.0. The first kappa shape index (κ1) is 27.6. The number of fused-ring (bicyclic) bond motifs is 1. The van der Waals surface area contributed by atoms with Crippen molar-refractivity contribution in [1.82, 2.24) is 5.32 Å². The summed E-state index contributed by atoms with van der Waals surface area (Å²) in [5.74, 6) is 0.588. The molecule has 4 rings (SSSR count). The molecule has 1 N–H and O–H groups in total. The fraction of sp³-hybridized carbons (Fsp3) is 0.500. The molecule has 2 aliphatic heterocycles. The van der Waals surface area contributed by atoms with Crippen molar-refractivity contribution in [2.75, 3.05) is 32.2 Å². The lowest BCUT2D eigenvalue weighted by Gasteiger charge is -2.42. The molecule has 9 heteroatoms. The summed E-state index contributed by atoms with van der Waals surface area (Å²) in [7, 11) is 3.50. The first-order valence-electron chi connectivity index (χ1n) is 10.7. The van der Waals surface area contributed by atoms with E-state index in [0.29, 0.717) is 23.4 Å². The van der Waals surface area contributed by atoms with Crippen molar-refractivity contribution in [1.29, 1.82) is 0 Å². The van der Waals surface area contributed by atoms with E-state index in [1.54, 1.807) is 19.2 Å². The van der Waals surface area contributed by atoms with E-state index in [2.05, 4.69) is 22.3 Å². The average molecular weight is 507 g/mol. The van der Waals surface area contributed by atoms with Gasteiger partial charge in [-0.3, -0.25) is 0 Å². The second kappa shape index (κ2) is 10.7. The Labute approximate surface area is 205 Å². The summed E-state index contributed by atoms with van der Waals surface area (Å²) in [5.41, 5.74) is 0.290. The number of nitrogens with one attached hydrogen (secondary N) is 1. The smallest absolute Gasteiger partial charge is 0.421 e. The summed E-state index contributed by atoms with van der Waals surface area (Å²) in [4.78, 5) is 2.06. The van der Waals surface area contributed by atoms with Gasteiger partial charge >= 0.3 is 6.18 Å². The summed E-state index contributed by atoms with van der Waals surface area (Å²) in [5, 5.41) is 3.59. The van der Waals surface area contributed by atoms with Crippen LogP contribution in [0, 0.1) is 0 Å². The lowest BCUT2D eigenvalue weighted by atomic mass is 9.85. The van der Waals surface area contributed by atoms with Gasteiger partial charge < -0.3 is 19.7 Å². The number of alkyl halides is 3. The Hall–Kier alpha value is -1.67. The van der Waals surface area contributed by atoms with Crippen LogP contribution in [0.5, 0.6) is 5.75 Å². The Kier molecular flexibility index (Phi) is 8.96. The quantitative estimate of drug-likeness (QED) is 0.566. The molecular formula is C24H31Cl2F3N2O2. The largest absolute Gasteiger partial charge is 0.495 e. The van der Waals surface area contributed by atoms with E-state index in [9.17, 15) is 13.2 Å². The predicted octanol–water partition coefficient (Wildman–Crippen LogP) is 5.82. The lowest BCUT2D eigenvalue weighted by Crippen LogP contribution is -2.48. The van der Waals surface area contributed by atoms with E-state index in [1.165, 1.54) is 5.56 Å². The van der Waals surface area contributed by atoms with Crippen LogP contribution < -0.4 is 15.0 Å². The van der Waals surface area contributed by atoms with Gasteiger partial charge in [-0.15, -0.1) is 24.8 Å². The highest BCUT2D eigenvalue weighted by atomic mass is 35.5. The first-order chi connectivity index (χ1) is 14.8. The molecule has 0 amide bonds. The fourth-order valence-corrected chi connectivity index (χ4v) is 4.85. The van der Waals surface area contributed by atoms with Crippen LogP contribution in [0.2, 0.25) is 0 Å². The molecule has 2 aromatic rings. The number of benzene rings is 2. The number of likely N-dealkylation sites (N-methyl/N-ethyl adjacent to an activating group) is 1. The van der Waals surface area contributed by atoms with Crippen molar-refractivity contribution in [3.05, 3.63) is 59.2 Å². The van der Waals surface area contributed by atoms with Crippen LogP contribution in [0.4, 0.5) is 18.9 Å². The molecule has 0 aliphatic carbocycles. The lowest BCUT2D eigenvalue weighted by molar-refractivity contribution is -0.281. The van der Waals surface area contributed by atoms with Gasteiger partial charge in [0.05, 0.1) is 25.4 Å². The Bertz CT molecular complexity index is 930. The molecule has 1 fully saturated rings. The van der Waals surface area contributed by atoms with Crippen LogP contribution in [0.25, 0.3) is 0 Å². The molecule has 2 heterocycles. The highest BCUT2D eigenvalue weighted by Crippen LogP contribution is 2.48. The van der Waals surface area contributed by atoms with Crippen LogP contribution in [-0.2, 0) is 16.8 Å². The maximum Gasteiger partial charge on any atom is 0.421 e. The maximum atomic E-state index is 14.0. The molecule has 4 nitrogen and oxygen atoms in total. The molecule has 0 bridgehead atoms. The zero-order valence-electron chi connectivity index (χ0n) is 18.9. The molecule has 0 saturated carbocycles. The number of anilines is 1. The number of ether oxygens (including phenoxy) is 2. The summed E-state index contributed by atoms with van der Waals surface area (Å²) in [6, 6.07) is 13.7. The Morgan fingerprint density at radius 1 is 1.15 bits per heavy atom. The van der Waals surface area contributed by atoms with Gasteiger partial charge in [-0.1, -0.05) is 30.3 Å². The Balaban J connectivity index is 0.00000193. The molecular weight excluding hydrogens is 476 g/mol. The molecule has 3 atom stereocenters. The van der Waals surface area contributed by atoms with Crippen molar-refractivity contribution in [3.8, 4) is 5.75 Å². The van der Waals surface area contributed by atoms with Crippen LogP contribution in [0.1, 0.15) is 42.5 Å². The van der Waals surface area contributed by atoms with Gasteiger partial charge in [0.15, 0.2) is 5.60 Å². The van der Waals surface area contributed by atoms with E-state index in [4.69, 9.17) is 9.47 Å². The van der Waals surface area contributed by atoms with E-state index < -0.39 is 11.8 Å². The number of rotatable bonds is 4. The highest BCUT2D eigenvalue weighted by Gasteiger charge is 2.56. The van der Waals surface area contributed by atoms with E-state index in [-0.39, 0.29) is 49.1 Å². The van der Waals surface area contributed by atoms with Crippen LogP contribution in [-0.4, -0.2) is 39.5 Å². The number of halogens is 5. The normalized spacial score (nSPS) is 24.7. The Morgan fingerprint density at radius 3 is 2.48 bits per heavy atom. The third-order valence-corrected chi connectivity index (χ3v) is 6.68. The van der Waals surface area contributed by atoms with Gasteiger partial charge in [0, 0.05) is 13.1 Å². The summed E-state index contributed by atoms with van der Waals surface area (Å²) >= 11 is 0. The summed E-state index contributed by atoms with van der Waals surface area (Å²) in [6.45, 7) is 2.06. The van der Waals surface area contributed by atoms with Crippen LogP contribution in [0.3, 0.4) is 0 Å². The summed E-state index contributed by atoms with van der Waals surface area (Å²) in [6.07, 6.45) is -2.16. The van der Waals surface area contributed by atoms with Gasteiger partial charge in [0.25, 0.3) is 0 Å². The zero-order chi connectivity index (χ0) is 22.2. The molecule has 33 heavy (non-hydrogen) atoms. The second-order valence-corrected chi connectivity index (χ2v) is 8.47. The monoisotopic (exact) mass is 506 g/mol. The van der Waals surface area contributed by atoms with Crippen LogP contribution >= 0.6 is 24.8 Å². The average Bonchev–Trinajstić information content (AvgIpc) is 2.78. The molecule has 0 spiro atoms. The topological polar surface area (TPSA) is 33.7 Å². The standard InChI is InChI=1S/C24H29F3N2O2.2ClH/c1-23(24(25,26)27)18-15-20(21(30-3)14-17(18)11-13-31-23)29(2)19-10-7-12-28-22(19)16-8-5-4-6-9-16;;/h4-6,8-9,14-15,19,22,28H,7,10-13H2,1-3H3;2*1H/t19-,22-,23?;;/m0../s1. The van der Waals surface area contributed by atoms with Crippen molar-refractivity contribution in [2.45, 2.75) is 50.0 Å². The molecule has 2 aliphatic rings. The van der Waals surface area contributed by atoms with Gasteiger partial charge in [0.1, 0.15) is 5.75 Å². The molecule has 2 aromatic carbocycles. The second-order valence-electron chi connectivity index (χ2n) is 8.47. The van der Waals surface area contributed by atoms with Gasteiger partial charge in [0.2, 0.25) is 0 Å². The predicted molar refractivity (Wildman–Crippen MR) is 129 cm³/mol. The van der Waals surface area contributed by atoms with E-state index in [1.807, 2.05) is 25.2 Å². The third kappa shape index (κ3) is 5.06. The number of hydrogen-bond acceptors (Lipinski definition) is 4. The minimum absolute atomic E-state index is 0. The first-order valence-corrected chi connectivity index (χ1v) is 10.7.